The Labute approximate surface area is 265 Å². The summed E-state index contributed by atoms with van der Waals surface area (Å²) in [5.41, 5.74) is 0.502. The summed E-state index contributed by atoms with van der Waals surface area (Å²) in [5.74, 6) is -0.503. The number of aliphatic hydroxyl groups excluding tert-OH is 1. The van der Waals surface area contributed by atoms with Crippen molar-refractivity contribution in [3.63, 3.8) is 0 Å². The van der Waals surface area contributed by atoms with Crippen molar-refractivity contribution in [3.05, 3.63) is 30.6 Å². The third-order valence-corrected chi connectivity index (χ3v) is 15.0. The number of piperidine rings is 1. The van der Waals surface area contributed by atoms with Crippen LogP contribution in [-0.2, 0) is 15.8 Å². The van der Waals surface area contributed by atoms with Crippen molar-refractivity contribution < 1.29 is 23.5 Å². The van der Waals surface area contributed by atoms with E-state index in [1.165, 1.54) is 0 Å². The van der Waals surface area contributed by atoms with E-state index < -0.39 is 19.7 Å². The standard InChI is InChI=1S/C28H41BrClFIN3O4Si/c1-27(2,3)39-26(37)35-11-9-16(13-17(35)10-12-38-40(7,8)28(4,5)6)33-23-18-14-20(32)21(29)22(31)24(18)34-25(30)19(23)15-36/h14,16-17,36H,9-13,15H2,1-8H3,(H,33,34)/t16-,17+/m0/s1. The number of pyridine rings is 1. The Kier molecular flexibility index (Phi) is 10.9. The summed E-state index contributed by atoms with van der Waals surface area (Å²) >= 11 is 11.8. The average Bonchev–Trinajstić information content (AvgIpc) is 2.82. The molecule has 7 nitrogen and oxygen atoms in total. The van der Waals surface area contributed by atoms with Crippen LogP contribution in [0.4, 0.5) is 14.9 Å². The van der Waals surface area contributed by atoms with Gasteiger partial charge in [-0.25, -0.2) is 14.2 Å². The zero-order chi connectivity index (χ0) is 30.2. The third-order valence-electron chi connectivity index (χ3n) is 7.74. The fraction of sp³-hybridized carbons (Fsp3) is 0.643. The number of likely N-dealkylation sites (tertiary alicyclic amines) is 1. The zero-order valence-corrected chi connectivity index (χ0v) is 30.1. The molecule has 1 saturated heterocycles. The van der Waals surface area contributed by atoms with E-state index in [1.54, 1.807) is 0 Å². The van der Waals surface area contributed by atoms with Crippen LogP contribution in [0.2, 0.25) is 23.3 Å². The third kappa shape index (κ3) is 7.80. The molecule has 0 spiro atoms. The van der Waals surface area contributed by atoms with Gasteiger partial charge in [0.1, 0.15) is 16.3 Å². The lowest BCUT2D eigenvalue weighted by atomic mass is 9.94. The van der Waals surface area contributed by atoms with Crippen molar-refractivity contribution in [1.82, 2.24) is 9.88 Å². The maximum absolute atomic E-state index is 15.2. The van der Waals surface area contributed by atoms with Gasteiger partial charge >= 0.3 is 6.09 Å². The number of aromatic nitrogens is 1. The van der Waals surface area contributed by atoms with Crippen LogP contribution in [0.5, 0.6) is 0 Å². The summed E-state index contributed by atoms with van der Waals surface area (Å²) in [6.07, 6.45) is 1.59. The van der Waals surface area contributed by atoms with Crippen molar-refractivity contribution in [1.29, 1.82) is 0 Å². The fourth-order valence-corrected chi connectivity index (χ4v) is 6.66. The second kappa shape index (κ2) is 12.9. The number of ether oxygens (including phenoxy) is 1. The van der Waals surface area contributed by atoms with E-state index in [0.717, 1.165) is 0 Å². The first-order chi connectivity index (χ1) is 18.4. The molecule has 1 aromatic heterocycles. The first-order valence-corrected chi connectivity index (χ1v) is 18.7. The number of fused-ring (bicyclic) bond motifs is 1. The number of rotatable bonds is 7. The summed E-state index contributed by atoms with van der Waals surface area (Å²) in [6, 6.07) is 1.64. The smallest absolute Gasteiger partial charge is 0.410 e. The molecule has 2 heterocycles. The number of amides is 1. The van der Waals surface area contributed by atoms with Crippen molar-refractivity contribution in [3.8, 4) is 0 Å². The predicted octanol–water partition coefficient (Wildman–Crippen LogP) is 8.48. The van der Waals surface area contributed by atoms with Crippen LogP contribution in [0.3, 0.4) is 0 Å². The minimum absolute atomic E-state index is 0.0509. The molecule has 1 fully saturated rings. The van der Waals surface area contributed by atoms with Gasteiger partial charge < -0.3 is 24.5 Å². The van der Waals surface area contributed by atoms with Gasteiger partial charge in [-0.15, -0.1) is 0 Å². The molecule has 0 radical (unpaired) electrons. The predicted molar refractivity (Wildman–Crippen MR) is 174 cm³/mol. The first kappa shape index (κ1) is 33.8. The Morgan fingerprint density at radius 2 is 1.98 bits per heavy atom. The molecule has 1 aliphatic heterocycles. The Hall–Kier alpha value is -0.733. The van der Waals surface area contributed by atoms with Gasteiger partial charge in [0.05, 0.1) is 16.8 Å². The monoisotopic (exact) mass is 771 g/mol. The lowest BCUT2D eigenvalue weighted by Crippen LogP contribution is -2.51. The van der Waals surface area contributed by atoms with Gasteiger partial charge in [0.15, 0.2) is 14.1 Å². The summed E-state index contributed by atoms with van der Waals surface area (Å²) in [4.78, 5) is 19.2. The van der Waals surface area contributed by atoms with Crippen LogP contribution in [0, 0.1) is 9.39 Å². The number of anilines is 1. The molecule has 0 unspecified atom stereocenters. The minimum Gasteiger partial charge on any atom is -0.444 e. The number of hydrogen-bond acceptors (Lipinski definition) is 6. The van der Waals surface area contributed by atoms with E-state index >= 15 is 4.39 Å². The van der Waals surface area contributed by atoms with Gasteiger partial charge in [0, 0.05) is 39.8 Å². The van der Waals surface area contributed by atoms with Gasteiger partial charge in [-0.1, -0.05) is 32.4 Å². The molecule has 0 saturated carbocycles. The number of halogens is 4. The molecular formula is C28H41BrClFIN3O4Si. The van der Waals surface area contributed by atoms with E-state index in [2.05, 4.69) is 82.7 Å². The van der Waals surface area contributed by atoms with Gasteiger partial charge in [0.25, 0.3) is 0 Å². The molecule has 40 heavy (non-hydrogen) atoms. The van der Waals surface area contributed by atoms with Crippen LogP contribution < -0.4 is 5.32 Å². The van der Waals surface area contributed by atoms with E-state index in [9.17, 15) is 9.90 Å². The molecule has 0 aliphatic carbocycles. The van der Waals surface area contributed by atoms with Crippen molar-refractivity contribution in [2.45, 2.75) is 103 Å². The molecule has 2 aromatic rings. The van der Waals surface area contributed by atoms with E-state index in [4.69, 9.17) is 20.8 Å². The Balaban J connectivity index is 1.91. The number of nitrogens with zero attached hydrogens (tertiary/aromatic N) is 2. The maximum atomic E-state index is 15.2. The number of aliphatic hydroxyl groups is 1. The summed E-state index contributed by atoms with van der Waals surface area (Å²) < 4.78 is 28.4. The number of carbonyl (C=O) groups is 1. The molecule has 1 amide bonds. The number of hydrogen-bond donors (Lipinski definition) is 2. The molecule has 3 rings (SSSR count). The number of benzene rings is 1. The molecule has 224 valence electrons. The summed E-state index contributed by atoms with van der Waals surface area (Å²) in [5, 5.41) is 14.4. The fourth-order valence-electron chi connectivity index (χ4n) is 4.51. The molecule has 2 atom stereocenters. The highest BCUT2D eigenvalue weighted by Crippen LogP contribution is 2.39. The van der Waals surface area contributed by atoms with Crippen LogP contribution >= 0.6 is 50.1 Å². The summed E-state index contributed by atoms with van der Waals surface area (Å²) in [6.45, 7) is 17.3. The normalized spacial score (nSPS) is 18.8. The van der Waals surface area contributed by atoms with Crippen LogP contribution in [0.15, 0.2) is 10.5 Å². The van der Waals surface area contributed by atoms with Crippen LogP contribution in [0.25, 0.3) is 10.9 Å². The molecule has 1 aliphatic rings. The van der Waals surface area contributed by atoms with Crippen LogP contribution in [0.1, 0.15) is 66.4 Å². The molecular weight excluding hydrogens is 732 g/mol. The molecule has 1 aromatic carbocycles. The van der Waals surface area contributed by atoms with Gasteiger partial charge in [0.2, 0.25) is 0 Å². The molecule has 12 heteroatoms. The maximum Gasteiger partial charge on any atom is 0.410 e. The highest BCUT2D eigenvalue weighted by Gasteiger charge is 2.39. The number of carbonyl (C=O) groups excluding carboxylic acids is 1. The Morgan fingerprint density at radius 3 is 2.55 bits per heavy atom. The highest BCUT2D eigenvalue weighted by molar-refractivity contribution is 14.1. The van der Waals surface area contributed by atoms with E-state index in [1.807, 2.05) is 31.7 Å². The van der Waals surface area contributed by atoms with Gasteiger partial charge in [-0.3, -0.25) is 0 Å². The zero-order valence-electron chi connectivity index (χ0n) is 24.6. The minimum atomic E-state index is -1.96. The lowest BCUT2D eigenvalue weighted by molar-refractivity contribution is 0.00624. The Bertz CT molecular complexity index is 1260. The largest absolute Gasteiger partial charge is 0.444 e. The summed E-state index contributed by atoms with van der Waals surface area (Å²) in [7, 11) is -1.96. The van der Waals surface area contributed by atoms with E-state index in [-0.39, 0.29) is 40.5 Å². The van der Waals surface area contributed by atoms with E-state index in [0.29, 0.717) is 57.1 Å². The molecule has 0 bridgehead atoms. The van der Waals surface area contributed by atoms with Crippen molar-refractivity contribution in [2.75, 3.05) is 18.5 Å². The second-order valence-electron chi connectivity index (χ2n) is 12.9. The quantitative estimate of drug-likeness (QED) is 0.127. The van der Waals surface area contributed by atoms with Crippen molar-refractivity contribution >= 4 is 81.1 Å². The average molecular weight is 773 g/mol. The topological polar surface area (TPSA) is 83.9 Å². The Morgan fingerprint density at radius 1 is 1.32 bits per heavy atom. The van der Waals surface area contributed by atoms with Gasteiger partial charge in [-0.2, -0.15) is 0 Å². The first-order valence-electron chi connectivity index (χ1n) is 13.5. The van der Waals surface area contributed by atoms with Gasteiger partial charge in [-0.05, 0) is 103 Å². The SMILES string of the molecule is CC(C)(C)OC(=O)N1CC[C@H](Nc2c(CO)c(Cl)nc3c(F)c(Br)c(I)cc23)C[C@H]1CCO[Si](C)(C)C(C)(C)C. The number of nitrogens with one attached hydrogen (secondary N) is 1. The lowest BCUT2D eigenvalue weighted by Gasteiger charge is -2.42. The molecule has 2 N–H and O–H groups in total. The van der Waals surface area contributed by atoms with Crippen LogP contribution in [-0.4, -0.2) is 60.2 Å². The second-order valence-corrected chi connectivity index (χ2v) is 20.0. The highest BCUT2D eigenvalue weighted by atomic mass is 127. The van der Waals surface area contributed by atoms with Crippen molar-refractivity contribution in [2.24, 2.45) is 0 Å².